The minimum Gasteiger partial charge on any atom is -0.377 e. The van der Waals surface area contributed by atoms with Gasteiger partial charge in [-0.2, -0.15) is 5.26 Å². The summed E-state index contributed by atoms with van der Waals surface area (Å²) in [6.07, 6.45) is 4.13. The van der Waals surface area contributed by atoms with E-state index in [-0.39, 0.29) is 6.10 Å². The highest BCUT2D eigenvalue weighted by molar-refractivity contribution is 6.02. The molecule has 0 aliphatic carbocycles. The molecule has 3 aromatic rings. The maximum atomic E-state index is 8.95. The molecule has 1 fully saturated rings. The van der Waals surface area contributed by atoms with Gasteiger partial charge in [-0.25, -0.2) is 4.98 Å². The quantitative estimate of drug-likeness (QED) is 0.726. The first-order valence-corrected chi connectivity index (χ1v) is 7.98. The smallest absolute Gasteiger partial charge is 0.108 e. The van der Waals surface area contributed by atoms with Crippen LogP contribution in [0, 0.1) is 18.3 Å². The Bertz CT molecular complexity index is 908. The second kappa shape index (κ2) is 5.64. The maximum Gasteiger partial charge on any atom is 0.108 e. The molecular formula is C18H18N4O. The number of imidazole rings is 1. The second-order valence-electron chi connectivity index (χ2n) is 6.07. The lowest BCUT2D eigenvalue weighted by Gasteiger charge is -2.30. The SMILES string of the molecule is Cc1nc2cnc3ccccc3c2n1C1CCOC(CC#N)C1. The number of hydrogen-bond acceptors (Lipinski definition) is 4. The van der Waals surface area contributed by atoms with Crippen molar-refractivity contribution < 1.29 is 4.74 Å². The van der Waals surface area contributed by atoms with Crippen molar-refractivity contribution in [2.24, 2.45) is 0 Å². The van der Waals surface area contributed by atoms with Gasteiger partial charge in [0.2, 0.25) is 0 Å². The largest absolute Gasteiger partial charge is 0.377 e. The number of hydrogen-bond donors (Lipinski definition) is 0. The summed E-state index contributed by atoms with van der Waals surface area (Å²) in [6.45, 7) is 2.74. The zero-order valence-electron chi connectivity index (χ0n) is 13.1. The molecule has 1 aliphatic heterocycles. The van der Waals surface area contributed by atoms with Crippen LogP contribution in [0.4, 0.5) is 0 Å². The second-order valence-corrected chi connectivity index (χ2v) is 6.07. The van der Waals surface area contributed by atoms with Crippen LogP contribution in [0.15, 0.2) is 30.5 Å². The highest BCUT2D eigenvalue weighted by Crippen LogP contribution is 2.33. The summed E-state index contributed by atoms with van der Waals surface area (Å²) in [5.74, 6) is 1.00. The molecule has 1 saturated heterocycles. The van der Waals surface area contributed by atoms with Crippen molar-refractivity contribution >= 4 is 21.9 Å². The van der Waals surface area contributed by atoms with Crippen LogP contribution in [-0.4, -0.2) is 27.2 Å². The van der Waals surface area contributed by atoms with Crippen LogP contribution in [0.2, 0.25) is 0 Å². The molecule has 116 valence electrons. The van der Waals surface area contributed by atoms with Crippen molar-refractivity contribution in [1.29, 1.82) is 5.26 Å². The third-order valence-electron chi connectivity index (χ3n) is 4.62. The zero-order chi connectivity index (χ0) is 15.8. The number of pyridine rings is 1. The molecule has 5 heteroatoms. The van der Waals surface area contributed by atoms with Crippen molar-refractivity contribution in [2.75, 3.05) is 6.61 Å². The number of aryl methyl sites for hydroxylation is 1. The van der Waals surface area contributed by atoms with Crippen LogP contribution >= 0.6 is 0 Å². The van der Waals surface area contributed by atoms with E-state index >= 15 is 0 Å². The Balaban J connectivity index is 1.87. The standard InChI is InChI=1S/C18H18N4O/c1-12-21-17-11-20-16-5-3-2-4-15(16)18(17)22(12)13-7-9-23-14(10-13)6-8-19/h2-5,11,13-14H,6-7,9-10H2,1H3. The fourth-order valence-corrected chi connectivity index (χ4v) is 3.63. The fourth-order valence-electron chi connectivity index (χ4n) is 3.63. The fraction of sp³-hybridized carbons (Fsp3) is 0.389. The van der Waals surface area contributed by atoms with Gasteiger partial charge in [0.15, 0.2) is 0 Å². The topological polar surface area (TPSA) is 63.7 Å². The molecule has 0 spiro atoms. The molecule has 3 heterocycles. The van der Waals surface area contributed by atoms with Gasteiger partial charge in [0.25, 0.3) is 0 Å². The van der Waals surface area contributed by atoms with Crippen molar-refractivity contribution in [3.05, 3.63) is 36.3 Å². The third kappa shape index (κ3) is 2.36. The lowest BCUT2D eigenvalue weighted by atomic mass is 10.0. The summed E-state index contributed by atoms with van der Waals surface area (Å²) in [7, 11) is 0. The van der Waals surface area contributed by atoms with E-state index in [0.717, 1.165) is 40.6 Å². The maximum absolute atomic E-state index is 8.95. The Morgan fingerprint density at radius 1 is 1.35 bits per heavy atom. The molecule has 1 aliphatic rings. The van der Waals surface area contributed by atoms with Crippen LogP contribution < -0.4 is 0 Å². The van der Waals surface area contributed by atoms with E-state index in [4.69, 9.17) is 15.0 Å². The van der Waals surface area contributed by atoms with E-state index in [1.165, 1.54) is 0 Å². The van der Waals surface area contributed by atoms with Gasteiger partial charge in [-0.3, -0.25) is 4.98 Å². The first-order valence-electron chi connectivity index (χ1n) is 7.98. The molecule has 1 aromatic carbocycles. The molecule has 23 heavy (non-hydrogen) atoms. The van der Waals surface area contributed by atoms with E-state index in [2.05, 4.69) is 21.7 Å². The first-order chi connectivity index (χ1) is 11.3. The molecule has 0 saturated carbocycles. The molecule has 2 unspecified atom stereocenters. The van der Waals surface area contributed by atoms with E-state index in [9.17, 15) is 0 Å². The molecule has 5 nitrogen and oxygen atoms in total. The summed E-state index contributed by atoms with van der Waals surface area (Å²) in [5.41, 5.74) is 3.07. The number of nitrogens with zero attached hydrogens (tertiary/aromatic N) is 4. The number of rotatable bonds is 2. The summed E-state index contributed by atoms with van der Waals surface area (Å²) in [5, 5.41) is 10.1. The van der Waals surface area contributed by atoms with Crippen molar-refractivity contribution in [3.63, 3.8) is 0 Å². The van der Waals surface area contributed by atoms with Gasteiger partial charge in [0.1, 0.15) is 11.3 Å². The highest BCUT2D eigenvalue weighted by atomic mass is 16.5. The zero-order valence-corrected chi connectivity index (χ0v) is 13.1. The van der Waals surface area contributed by atoms with Crippen LogP contribution in [0.1, 0.15) is 31.1 Å². The molecule has 4 rings (SSSR count). The lowest BCUT2D eigenvalue weighted by Crippen LogP contribution is -2.28. The van der Waals surface area contributed by atoms with Crippen molar-refractivity contribution in [2.45, 2.75) is 38.3 Å². The van der Waals surface area contributed by atoms with Gasteiger partial charge in [0.05, 0.1) is 35.8 Å². The molecular weight excluding hydrogens is 288 g/mol. The summed E-state index contributed by atoms with van der Waals surface area (Å²) in [4.78, 5) is 9.21. The van der Waals surface area contributed by atoms with Crippen molar-refractivity contribution in [1.82, 2.24) is 14.5 Å². The summed E-state index contributed by atoms with van der Waals surface area (Å²) >= 11 is 0. The van der Waals surface area contributed by atoms with Gasteiger partial charge in [-0.1, -0.05) is 18.2 Å². The first kappa shape index (κ1) is 14.2. The van der Waals surface area contributed by atoms with Crippen LogP contribution in [0.25, 0.3) is 21.9 Å². The molecule has 2 aromatic heterocycles. The predicted octanol–water partition coefficient (Wildman–Crippen LogP) is 3.53. The van der Waals surface area contributed by atoms with Gasteiger partial charge in [-0.05, 0) is 25.8 Å². The predicted molar refractivity (Wildman–Crippen MR) is 88.0 cm³/mol. The molecule has 2 atom stereocenters. The Labute approximate surface area is 134 Å². The van der Waals surface area contributed by atoms with Crippen LogP contribution in [-0.2, 0) is 4.74 Å². The minimum atomic E-state index is 0.0173. The summed E-state index contributed by atoms with van der Waals surface area (Å²) < 4.78 is 8.04. The van der Waals surface area contributed by atoms with E-state index < -0.39 is 0 Å². The lowest BCUT2D eigenvalue weighted by molar-refractivity contribution is -0.00192. The minimum absolute atomic E-state index is 0.0173. The molecule has 0 N–H and O–H groups in total. The van der Waals surface area contributed by atoms with Gasteiger partial charge < -0.3 is 9.30 Å². The molecule has 0 radical (unpaired) electrons. The molecule has 0 amide bonds. The monoisotopic (exact) mass is 306 g/mol. The number of para-hydroxylation sites is 1. The average molecular weight is 306 g/mol. The van der Waals surface area contributed by atoms with E-state index in [1.807, 2.05) is 31.3 Å². The Morgan fingerprint density at radius 3 is 3.09 bits per heavy atom. The number of nitriles is 1. The van der Waals surface area contributed by atoms with Gasteiger partial charge in [0, 0.05) is 18.0 Å². The summed E-state index contributed by atoms with van der Waals surface area (Å²) in [6, 6.07) is 10.7. The average Bonchev–Trinajstić information content (AvgIpc) is 2.92. The number of fused-ring (bicyclic) bond motifs is 3. The van der Waals surface area contributed by atoms with Crippen LogP contribution in [0.3, 0.4) is 0 Å². The van der Waals surface area contributed by atoms with Crippen LogP contribution in [0.5, 0.6) is 0 Å². The Morgan fingerprint density at radius 2 is 2.22 bits per heavy atom. The van der Waals surface area contributed by atoms with Gasteiger partial charge >= 0.3 is 0 Å². The highest BCUT2D eigenvalue weighted by Gasteiger charge is 2.26. The number of ether oxygens (including phenoxy) is 1. The normalized spacial score (nSPS) is 21.6. The number of aromatic nitrogens is 3. The van der Waals surface area contributed by atoms with Crippen molar-refractivity contribution in [3.8, 4) is 6.07 Å². The van der Waals surface area contributed by atoms with E-state index in [0.29, 0.717) is 19.1 Å². The molecule has 0 bridgehead atoms. The Hall–Kier alpha value is -2.45. The Kier molecular flexibility index (Phi) is 3.47. The number of benzene rings is 1. The van der Waals surface area contributed by atoms with E-state index in [1.54, 1.807) is 0 Å². The third-order valence-corrected chi connectivity index (χ3v) is 4.62. The van der Waals surface area contributed by atoms with Gasteiger partial charge in [-0.15, -0.1) is 0 Å².